The van der Waals surface area contributed by atoms with Crippen LogP contribution in [0.2, 0.25) is 5.02 Å². The van der Waals surface area contributed by atoms with Gasteiger partial charge in [0.2, 0.25) is 5.52 Å². The number of aryl methyl sites for hydroxylation is 1. The van der Waals surface area contributed by atoms with Gasteiger partial charge in [-0.1, -0.05) is 23.4 Å². The number of nitrogens with one attached hydrogen (secondary N) is 1. The molecule has 19 heavy (non-hydrogen) atoms. The van der Waals surface area contributed by atoms with Crippen LogP contribution in [0.3, 0.4) is 0 Å². The lowest BCUT2D eigenvalue weighted by molar-refractivity contribution is -0.345. The van der Waals surface area contributed by atoms with Crippen molar-refractivity contribution in [3.63, 3.8) is 0 Å². The van der Waals surface area contributed by atoms with Gasteiger partial charge in [-0.15, -0.1) is 11.3 Å². The van der Waals surface area contributed by atoms with Crippen LogP contribution in [0.4, 0.5) is 0 Å². The molecule has 3 rings (SSSR count). The quantitative estimate of drug-likeness (QED) is 0.707. The first kappa shape index (κ1) is 14.6. The molecule has 2 heterocycles. The zero-order chi connectivity index (χ0) is 12.5. The summed E-state index contributed by atoms with van der Waals surface area (Å²) in [6.45, 7) is 2.01. The van der Waals surface area contributed by atoms with Gasteiger partial charge in [0.1, 0.15) is 0 Å². The number of hydrogen-bond donors (Lipinski definition) is 0. The smallest absolute Gasteiger partial charge is 0.213 e. The molecule has 0 aliphatic rings. The Bertz CT molecular complexity index is 713. The van der Waals surface area contributed by atoms with Crippen molar-refractivity contribution in [3.05, 3.63) is 46.6 Å². The molecule has 1 aromatic carbocycles. The second kappa shape index (κ2) is 6.09. The Labute approximate surface area is 130 Å². The minimum atomic E-state index is 0. The lowest BCUT2D eigenvalue weighted by Gasteiger charge is -2.00. The van der Waals surface area contributed by atoms with Gasteiger partial charge >= 0.3 is 0 Å². The van der Waals surface area contributed by atoms with Crippen molar-refractivity contribution >= 4 is 45.6 Å². The average molecular weight is 329 g/mol. The van der Waals surface area contributed by atoms with Crippen molar-refractivity contribution in [3.8, 4) is 0 Å². The minimum Gasteiger partial charge on any atom is -1.00 e. The first-order valence-electron chi connectivity index (χ1n) is 5.42. The highest BCUT2D eigenvalue weighted by molar-refractivity contribution is 8.01. The van der Waals surface area contributed by atoms with Gasteiger partial charge in [0, 0.05) is 33.1 Å². The molecular formula is C13H10Cl2N2S2. The summed E-state index contributed by atoms with van der Waals surface area (Å²) in [5.74, 6) is 0. The highest BCUT2D eigenvalue weighted by atomic mass is 35.5. The monoisotopic (exact) mass is 328 g/mol. The number of rotatable bonds is 2. The third kappa shape index (κ3) is 3.20. The number of pyridine rings is 1. The molecule has 0 unspecified atom stereocenters. The second-order valence-electron chi connectivity index (χ2n) is 3.89. The van der Waals surface area contributed by atoms with Crippen LogP contribution in [0, 0.1) is 6.92 Å². The largest absolute Gasteiger partial charge is 1.00 e. The number of nitrogens with zero attached hydrogens (tertiary/aromatic N) is 1. The Morgan fingerprint density at radius 2 is 2.16 bits per heavy atom. The maximum atomic E-state index is 6.00. The third-order valence-electron chi connectivity index (χ3n) is 2.52. The molecule has 1 N–H and O–H groups in total. The van der Waals surface area contributed by atoms with Gasteiger partial charge in [-0.2, -0.15) is 0 Å². The van der Waals surface area contributed by atoms with Crippen LogP contribution in [-0.2, 0) is 0 Å². The van der Waals surface area contributed by atoms with E-state index in [1.807, 2.05) is 31.3 Å². The fourth-order valence-electron chi connectivity index (χ4n) is 1.71. The van der Waals surface area contributed by atoms with Gasteiger partial charge in [0.25, 0.3) is 0 Å². The van der Waals surface area contributed by atoms with Crippen molar-refractivity contribution < 1.29 is 17.4 Å². The SMILES string of the molecule is Cc1csc(Sc2cc[nH+]c3cc(Cl)ccc23)n1.[Cl-]. The summed E-state index contributed by atoms with van der Waals surface area (Å²) in [7, 11) is 0. The maximum Gasteiger partial charge on any atom is 0.213 e. The van der Waals surface area contributed by atoms with E-state index in [1.165, 1.54) is 10.3 Å². The average Bonchev–Trinajstić information content (AvgIpc) is 2.75. The predicted molar refractivity (Wildman–Crippen MR) is 76.5 cm³/mol. The molecule has 0 aliphatic carbocycles. The number of hydrogen-bond acceptors (Lipinski definition) is 3. The Balaban J connectivity index is 0.00000133. The number of fused-ring (bicyclic) bond motifs is 1. The lowest BCUT2D eigenvalue weighted by Crippen LogP contribution is -3.00. The van der Waals surface area contributed by atoms with Gasteiger partial charge in [-0.3, -0.25) is 0 Å². The number of H-pyrrole nitrogens is 1. The summed E-state index contributed by atoms with van der Waals surface area (Å²) in [5, 5.41) is 3.97. The molecule has 0 aliphatic heterocycles. The summed E-state index contributed by atoms with van der Waals surface area (Å²) in [6.07, 6.45) is 1.93. The predicted octanol–water partition coefficient (Wildman–Crippen LogP) is 1.23. The van der Waals surface area contributed by atoms with Crippen LogP contribution >= 0.6 is 34.7 Å². The Hall–Kier alpha value is -0.810. The maximum absolute atomic E-state index is 6.00. The fourth-order valence-corrected chi connectivity index (χ4v) is 3.81. The Kier molecular flexibility index (Phi) is 4.68. The standard InChI is InChI=1S/C13H9ClN2S2.ClH/c1-8-7-17-13(16-8)18-12-4-5-15-11-6-9(14)2-3-10(11)12;/h2-7H,1H3;1H. The van der Waals surface area contributed by atoms with Gasteiger partial charge in [0.05, 0.1) is 5.39 Å². The van der Waals surface area contributed by atoms with Crippen molar-refractivity contribution in [1.82, 2.24) is 4.98 Å². The fraction of sp³-hybridized carbons (Fsp3) is 0.0769. The highest BCUT2D eigenvalue weighted by Crippen LogP contribution is 2.34. The van der Waals surface area contributed by atoms with E-state index in [1.54, 1.807) is 23.1 Å². The number of thiazole rings is 1. The molecule has 98 valence electrons. The van der Waals surface area contributed by atoms with E-state index < -0.39 is 0 Å². The molecule has 0 fully saturated rings. The van der Waals surface area contributed by atoms with Crippen LogP contribution in [-0.4, -0.2) is 4.98 Å². The highest BCUT2D eigenvalue weighted by Gasteiger charge is 2.10. The van der Waals surface area contributed by atoms with Crippen LogP contribution in [0.1, 0.15) is 5.69 Å². The van der Waals surface area contributed by atoms with Crippen molar-refractivity contribution in [1.29, 1.82) is 0 Å². The molecule has 0 amide bonds. The Morgan fingerprint density at radius 3 is 2.89 bits per heavy atom. The second-order valence-corrected chi connectivity index (χ2v) is 6.47. The van der Waals surface area contributed by atoms with Gasteiger partial charge in [-0.05, 0) is 19.1 Å². The zero-order valence-electron chi connectivity index (χ0n) is 9.98. The van der Waals surface area contributed by atoms with Gasteiger partial charge in [0.15, 0.2) is 10.5 Å². The van der Waals surface area contributed by atoms with Crippen LogP contribution in [0.5, 0.6) is 0 Å². The molecule has 0 radical (unpaired) electrons. The third-order valence-corrected chi connectivity index (χ3v) is 4.88. The van der Waals surface area contributed by atoms with Crippen molar-refractivity contribution in [2.45, 2.75) is 16.2 Å². The molecule has 0 atom stereocenters. The number of halogens is 2. The van der Waals surface area contributed by atoms with Crippen LogP contribution in [0.15, 0.2) is 45.1 Å². The van der Waals surface area contributed by atoms with Gasteiger partial charge < -0.3 is 12.4 Å². The van der Waals surface area contributed by atoms with Gasteiger partial charge in [-0.25, -0.2) is 9.97 Å². The lowest BCUT2D eigenvalue weighted by atomic mass is 10.2. The first-order chi connectivity index (χ1) is 8.72. The normalized spacial score (nSPS) is 10.4. The minimum absolute atomic E-state index is 0. The summed E-state index contributed by atoms with van der Waals surface area (Å²) in [6, 6.07) is 7.96. The van der Waals surface area contributed by atoms with E-state index in [0.717, 1.165) is 20.6 Å². The molecule has 0 saturated heterocycles. The summed E-state index contributed by atoms with van der Waals surface area (Å²) >= 11 is 9.36. The molecule has 0 bridgehead atoms. The molecular weight excluding hydrogens is 319 g/mol. The number of aromatic nitrogens is 2. The summed E-state index contributed by atoms with van der Waals surface area (Å²) < 4.78 is 1.06. The number of aromatic amines is 1. The molecule has 3 aromatic rings. The summed E-state index contributed by atoms with van der Waals surface area (Å²) in [5.41, 5.74) is 2.11. The van der Waals surface area contributed by atoms with E-state index in [-0.39, 0.29) is 12.4 Å². The van der Waals surface area contributed by atoms with Crippen molar-refractivity contribution in [2.24, 2.45) is 0 Å². The molecule has 2 nitrogen and oxygen atoms in total. The van der Waals surface area contributed by atoms with E-state index in [9.17, 15) is 0 Å². The van der Waals surface area contributed by atoms with E-state index in [0.29, 0.717) is 0 Å². The van der Waals surface area contributed by atoms with E-state index in [2.05, 4.69) is 21.4 Å². The molecule has 6 heteroatoms. The molecule has 0 spiro atoms. The van der Waals surface area contributed by atoms with Crippen LogP contribution in [0.25, 0.3) is 10.9 Å². The van der Waals surface area contributed by atoms with Crippen LogP contribution < -0.4 is 17.4 Å². The van der Waals surface area contributed by atoms with E-state index >= 15 is 0 Å². The van der Waals surface area contributed by atoms with E-state index in [4.69, 9.17) is 11.6 Å². The Morgan fingerprint density at radius 1 is 1.32 bits per heavy atom. The summed E-state index contributed by atoms with van der Waals surface area (Å²) in [4.78, 5) is 8.87. The molecule has 0 saturated carbocycles. The zero-order valence-corrected chi connectivity index (χ0v) is 13.1. The number of benzene rings is 1. The molecule has 2 aromatic heterocycles. The first-order valence-corrected chi connectivity index (χ1v) is 7.50. The topological polar surface area (TPSA) is 27.0 Å². The van der Waals surface area contributed by atoms with Crippen molar-refractivity contribution in [2.75, 3.05) is 0 Å².